The molecule has 0 spiro atoms. The number of benzene rings is 1. The zero-order valence-electron chi connectivity index (χ0n) is 8.28. The van der Waals surface area contributed by atoms with E-state index in [0.717, 1.165) is 16.4 Å². The van der Waals surface area contributed by atoms with Crippen molar-refractivity contribution in [3.8, 4) is 0 Å². The fraction of sp³-hybridized carbons (Fsp3) is 0.364. The van der Waals surface area contributed by atoms with Gasteiger partial charge in [-0.3, -0.25) is 0 Å². The van der Waals surface area contributed by atoms with E-state index in [2.05, 4.69) is 22.6 Å². The predicted molar refractivity (Wildman–Crippen MR) is 66.6 cm³/mol. The molecule has 0 bridgehead atoms. The summed E-state index contributed by atoms with van der Waals surface area (Å²) < 4.78 is 6.44. The van der Waals surface area contributed by atoms with Crippen molar-refractivity contribution in [1.82, 2.24) is 0 Å². The van der Waals surface area contributed by atoms with E-state index in [1.54, 1.807) is 18.2 Å². The lowest BCUT2D eigenvalue weighted by Gasteiger charge is -2.06. The fourth-order valence-corrected chi connectivity index (χ4v) is 1.50. The molecule has 0 aliphatic rings. The van der Waals surface area contributed by atoms with Gasteiger partial charge in [0.15, 0.2) is 0 Å². The molecule has 1 N–H and O–H groups in total. The molecule has 0 aromatic heterocycles. The molecular formula is C11H13IO3. The van der Waals surface area contributed by atoms with E-state index in [-0.39, 0.29) is 0 Å². The first kappa shape index (κ1) is 12.4. The molecule has 1 rings (SSSR count). The summed E-state index contributed by atoms with van der Waals surface area (Å²) in [5.74, 6) is -0.900. The highest BCUT2D eigenvalue weighted by molar-refractivity contribution is 14.1. The maximum atomic E-state index is 10.9. The molecule has 0 heterocycles. The highest BCUT2D eigenvalue weighted by atomic mass is 127. The summed E-state index contributed by atoms with van der Waals surface area (Å²) in [6.45, 7) is 1.05. The van der Waals surface area contributed by atoms with E-state index in [4.69, 9.17) is 9.84 Å². The van der Waals surface area contributed by atoms with Gasteiger partial charge in [-0.1, -0.05) is 40.8 Å². The lowest BCUT2D eigenvalue weighted by molar-refractivity contribution is 0.0687. The van der Waals surface area contributed by atoms with Crippen molar-refractivity contribution < 1.29 is 14.6 Å². The number of halogens is 1. The molecular weight excluding hydrogens is 307 g/mol. The number of carbonyl (C=O) groups is 1. The van der Waals surface area contributed by atoms with Gasteiger partial charge in [-0.15, -0.1) is 0 Å². The van der Waals surface area contributed by atoms with Gasteiger partial charge in [-0.05, 0) is 18.1 Å². The molecule has 0 atom stereocenters. The third-order valence-corrected chi connectivity index (χ3v) is 2.69. The van der Waals surface area contributed by atoms with Gasteiger partial charge in [0, 0.05) is 11.0 Å². The maximum absolute atomic E-state index is 10.9. The molecule has 0 aliphatic carbocycles. The quantitative estimate of drug-likeness (QED) is 0.498. The molecule has 82 valence electrons. The third-order valence-electron chi connectivity index (χ3n) is 1.93. The van der Waals surface area contributed by atoms with Crippen molar-refractivity contribution >= 4 is 28.6 Å². The largest absolute Gasteiger partial charge is 0.478 e. The van der Waals surface area contributed by atoms with Crippen molar-refractivity contribution in [3.05, 3.63) is 35.4 Å². The summed E-state index contributed by atoms with van der Waals surface area (Å²) in [5.41, 5.74) is 1.06. The van der Waals surface area contributed by atoms with Crippen molar-refractivity contribution in [2.24, 2.45) is 0 Å². The predicted octanol–water partition coefficient (Wildman–Crippen LogP) is 2.73. The molecule has 1 aromatic rings. The van der Waals surface area contributed by atoms with Crippen LogP contribution < -0.4 is 0 Å². The topological polar surface area (TPSA) is 46.5 Å². The monoisotopic (exact) mass is 320 g/mol. The molecule has 0 saturated carbocycles. The number of ether oxygens (including phenoxy) is 1. The Kier molecular flexibility index (Phi) is 5.63. The molecule has 0 aliphatic heterocycles. The normalized spacial score (nSPS) is 10.2. The number of hydrogen-bond acceptors (Lipinski definition) is 2. The van der Waals surface area contributed by atoms with Gasteiger partial charge < -0.3 is 9.84 Å². The molecule has 1 aromatic carbocycles. The van der Waals surface area contributed by atoms with Crippen LogP contribution in [-0.4, -0.2) is 22.1 Å². The summed E-state index contributed by atoms with van der Waals surface area (Å²) in [6.07, 6.45) is 0.996. The number of carboxylic acids is 1. The van der Waals surface area contributed by atoms with Crippen LogP contribution in [0.1, 0.15) is 22.3 Å². The fourth-order valence-electron chi connectivity index (χ4n) is 1.19. The van der Waals surface area contributed by atoms with Crippen LogP contribution in [0.2, 0.25) is 0 Å². The Bertz CT molecular complexity index is 325. The molecule has 0 fully saturated rings. The number of alkyl halides is 1. The summed E-state index contributed by atoms with van der Waals surface area (Å²) in [6, 6.07) is 6.92. The summed E-state index contributed by atoms with van der Waals surface area (Å²) in [4.78, 5) is 10.9. The Morgan fingerprint density at radius 3 is 2.80 bits per heavy atom. The Morgan fingerprint density at radius 2 is 2.13 bits per heavy atom. The molecule has 0 amide bonds. The minimum absolute atomic E-state index is 0.326. The van der Waals surface area contributed by atoms with Crippen LogP contribution in [0.4, 0.5) is 0 Å². The Balaban J connectivity index is 2.56. The van der Waals surface area contributed by atoms with E-state index in [1.807, 2.05) is 6.07 Å². The number of aromatic carboxylic acids is 1. The second-order valence-electron chi connectivity index (χ2n) is 3.06. The van der Waals surface area contributed by atoms with Gasteiger partial charge in [0.1, 0.15) is 0 Å². The second-order valence-corrected chi connectivity index (χ2v) is 4.14. The van der Waals surface area contributed by atoms with Crippen molar-refractivity contribution in [3.63, 3.8) is 0 Å². The van der Waals surface area contributed by atoms with Crippen LogP contribution in [0.25, 0.3) is 0 Å². The van der Waals surface area contributed by atoms with Gasteiger partial charge in [0.2, 0.25) is 0 Å². The first-order valence-corrected chi connectivity index (χ1v) is 6.23. The summed E-state index contributed by atoms with van der Waals surface area (Å²) in [7, 11) is 0. The maximum Gasteiger partial charge on any atom is 0.336 e. The minimum atomic E-state index is -0.900. The van der Waals surface area contributed by atoms with Crippen LogP contribution in [-0.2, 0) is 11.3 Å². The highest BCUT2D eigenvalue weighted by Crippen LogP contribution is 2.10. The Hall–Kier alpha value is -0.620. The van der Waals surface area contributed by atoms with Crippen LogP contribution in [0.3, 0.4) is 0 Å². The van der Waals surface area contributed by atoms with Gasteiger partial charge in [-0.2, -0.15) is 0 Å². The lowest BCUT2D eigenvalue weighted by atomic mass is 10.1. The van der Waals surface area contributed by atoms with Crippen LogP contribution >= 0.6 is 22.6 Å². The third kappa shape index (κ3) is 4.17. The van der Waals surface area contributed by atoms with E-state index < -0.39 is 5.97 Å². The number of hydrogen-bond donors (Lipinski definition) is 1. The van der Waals surface area contributed by atoms with Crippen LogP contribution in [0.15, 0.2) is 24.3 Å². The summed E-state index contributed by atoms with van der Waals surface area (Å²) >= 11 is 2.29. The van der Waals surface area contributed by atoms with E-state index >= 15 is 0 Å². The molecule has 0 radical (unpaired) electrons. The Morgan fingerprint density at radius 1 is 1.40 bits per heavy atom. The van der Waals surface area contributed by atoms with Gasteiger partial charge in [-0.25, -0.2) is 4.79 Å². The van der Waals surface area contributed by atoms with Crippen LogP contribution in [0.5, 0.6) is 0 Å². The summed E-state index contributed by atoms with van der Waals surface area (Å²) in [5, 5.41) is 8.91. The van der Waals surface area contributed by atoms with Gasteiger partial charge in [0.25, 0.3) is 0 Å². The number of carboxylic acid groups (broad SMARTS) is 1. The van der Waals surface area contributed by atoms with Crippen molar-refractivity contribution in [2.75, 3.05) is 11.0 Å². The molecule has 0 unspecified atom stereocenters. The first-order chi connectivity index (χ1) is 7.25. The molecule has 0 saturated heterocycles. The van der Waals surface area contributed by atoms with Crippen LogP contribution in [0, 0.1) is 0 Å². The standard InChI is InChI=1S/C11H13IO3/c12-6-3-7-15-8-9-4-1-2-5-10(9)11(13)14/h1-2,4-5H,3,6-8H2,(H,13,14). The van der Waals surface area contributed by atoms with E-state index in [0.29, 0.717) is 18.8 Å². The van der Waals surface area contributed by atoms with Crippen molar-refractivity contribution in [2.45, 2.75) is 13.0 Å². The molecule has 3 nitrogen and oxygen atoms in total. The highest BCUT2D eigenvalue weighted by Gasteiger charge is 2.08. The first-order valence-electron chi connectivity index (χ1n) is 4.70. The average Bonchev–Trinajstić information content (AvgIpc) is 2.25. The lowest BCUT2D eigenvalue weighted by Crippen LogP contribution is -2.04. The minimum Gasteiger partial charge on any atom is -0.478 e. The zero-order valence-corrected chi connectivity index (χ0v) is 10.4. The SMILES string of the molecule is O=C(O)c1ccccc1COCCCI. The second kappa shape index (κ2) is 6.79. The van der Waals surface area contributed by atoms with Gasteiger partial charge in [0.05, 0.1) is 12.2 Å². The average molecular weight is 320 g/mol. The zero-order chi connectivity index (χ0) is 11.1. The molecule has 4 heteroatoms. The van der Waals surface area contributed by atoms with Crippen molar-refractivity contribution in [1.29, 1.82) is 0 Å². The van der Waals surface area contributed by atoms with E-state index in [9.17, 15) is 4.79 Å². The number of rotatable bonds is 6. The van der Waals surface area contributed by atoms with Gasteiger partial charge >= 0.3 is 5.97 Å². The molecule has 15 heavy (non-hydrogen) atoms. The smallest absolute Gasteiger partial charge is 0.336 e. The van der Waals surface area contributed by atoms with E-state index in [1.165, 1.54) is 0 Å². The Labute approximate surface area is 103 Å².